The minimum Gasteiger partial charge on any atom is -0.310 e. The van der Waals surface area contributed by atoms with E-state index >= 15 is 0 Å². The summed E-state index contributed by atoms with van der Waals surface area (Å²) in [5.74, 6) is 0.756. The Kier molecular flexibility index (Phi) is 5.97. The number of sulfone groups is 1. The van der Waals surface area contributed by atoms with Crippen molar-refractivity contribution in [2.75, 3.05) is 23.4 Å². The van der Waals surface area contributed by atoms with E-state index in [1.165, 1.54) is 11.1 Å². The van der Waals surface area contributed by atoms with Crippen molar-refractivity contribution in [1.29, 1.82) is 0 Å². The third kappa shape index (κ3) is 5.10. The maximum Gasteiger partial charge on any atom is 0.239 e. The molecule has 0 radical (unpaired) electrons. The minimum atomic E-state index is -3.02. The molecule has 2 fully saturated rings. The fourth-order valence-electron chi connectivity index (χ4n) is 4.09. The summed E-state index contributed by atoms with van der Waals surface area (Å²) in [6.45, 7) is 5.06. The zero-order valence-electron chi connectivity index (χ0n) is 17.7. The predicted octanol–water partition coefficient (Wildman–Crippen LogP) is 2.72. The van der Waals surface area contributed by atoms with E-state index in [1.807, 2.05) is 13.0 Å². The van der Waals surface area contributed by atoms with Gasteiger partial charge in [-0.25, -0.2) is 13.1 Å². The van der Waals surface area contributed by atoms with Gasteiger partial charge >= 0.3 is 0 Å². The zero-order valence-corrected chi connectivity index (χ0v) is 18.5. The monoisotopic (exact) mass is 430 g/mol. The summed E-state index contributed by atoms with van der Waals surface area (Å²) in [5.41, 5.74) is 3.29. The molecule has 8 heteroatoms. The number of nitrogens with zero attached hydrogens (tertiary/aromatic N) is 3. The number of carbonyl (C=O) groups excluding carboxylic acids is 1. The Morgan fingerprint density at radius 3 is 2.50 bits per heavy atom. The molecule has 4 rings (SSSR count). The summed E-state index contributed by atoms with van der Waals surface area (Å²) in [7, 11) is -3.02. The minimum absolute atomic E-state index is 0.0823. The van der Waals surface area contributed by atoms with Gasteiger partial charge in [-0.3, -0.25) is 9.69 Å². The van der Waals surface area contributed by atoms with Crippen molar-refractivity contribution in [2.45, 2.75) is 58.2 Å². The Bertz CT molecular complexity index is 1010. The van der Waals surface area contributed by atoms with Crippen molar-refractivity contribution in [3.8, 4) is 0 Å². The first-order valence-electron chi connectivity index (χ1n) is 10.7. The summed E-state index contributed by atoms with van der Waals surface area (Å²) in [6.07, 6.45) is 3.80. The third-order valence-electron chi connectivity index (χ3n) is 5.91. The number of rotatable bonds is 8. The van der Waals surface area contributed by atoms with E-state index in [1.54, 1.807) is 4.68 Å². The first kappa shape index (κ1) is 21.1. The predicted molar refractivity (Wildman–Crippen MR) is 117 cm³/mol. The van der Waals surface area contributed by atoms with Gasteiger partial charge in [-0.1, -0.05) is 31.2 Å². The number of aryl methyl sites for hydroxylation is 2. The molecule has 7 nitrogen and oxygen atoms in total. The number of amides is 1. The van der Waals surface area contributed by atoms with E-state index in [0.29, 0.717) is 24.8 Å². The van der Waals surface area contributed by atoms with Gasteiger partial charge in [0.1, 0.15) is 5.82 Å². The van der Waals surface area contributed by atoms with Crippen molar-refractivity contribution in [1.82, 2.24) is 14.7 Å². The molecule has 1 aromatic heterocycles. The lowest BCUT2D eigenvalue weighted by atomic mass is 10.1. The molecule has 1 saturated carbocycles. The molecular formula is C22H30N4O3S. The first-order valence-corrected chi connectivity index (χ1v) is 12.5. The van der Waals surface area contributed by atoms with E-state index in [2.05, 4.69) is 46.5 Å². The molecule has 1 aromatic carbocycles. The number of carbonyl (C=O) groups is 1. The molecule has 1 saturated heterocycles. The van der Waals surface area contributed by atoms with Gasteiger partial charge in [-0.15, -0.1) is 0 Å². The number of aromatic nitrogens is 2. The van der Waals surface area contributed by atoms with Crippen molar-refractivity contribution in [3.05, 3.63) is 47.2 Å². The molecule has 2 aromatic rings. The molecule has 162 valence electrons. The lowest BCUT2D eigenvalue weighted by molar-refractivity contribution is -0.117. The van der Waals surface area contributed by atoms with Gasteiger partial charge in [-0.05, 0) is 43.7 Å². The van der Waals surface area contributed by atoms with Gasteiger partial charge in [0.25, 0.3) is 0 Å². The Balaban J connectivity index is 1.42. The standard InChI is InChI=1S/C22H30N4O3S/c1-3-17-4-6-18(7-5-17)13-25(19-8-9-19)14-22(27)23-21-12-16(2)24-26(21)20-10-11-30(28,29)15-20/h4-7,12,19-20H,3,8-11,13-15H2,1-2H3,(H,23,27). The van der Waals surface area contributed by atoms with Crippen LogP contribution < -0.4 is 5.32 Å². The molecule has 0 spiro atoms. The second kappa shape index (κ2) is 8.51. The first-order chi connectivity index (χ1) is 14.3. The molecule has 0 bridgehead atoms. The van der Waals surface area contributed by atoms with Gasteiger partial charge in [0, 0.05) is 18.7 Å². The van der Waals surface area contributed by atoms with E-state index in [9.17, 15) is 13.2 Å². The maximum absolute atomic E-state index is 12.8. The number of hydrogen-bond acceptors (Lipinski definition) is 5. The highest BCUT2D eigenvalue weighted by molar-refractivity contribution is 7.91. The van der Waals surface area contributed by atoms with E-state index in [4.69, 9.17) is 0 Å². The average molecular weight is 431 g/mol. The van der Waals surface area contributed by atoms with Crippen LogP contribution in [0.4, 0.5) is 5.82 Å². The highest BCUT2D eigenvalue weighted by Crippen LogP contribution is 2.29. The van der Waals surface area contributed by atoms with Crippen LogP contribution in [0.25, 0.3) is 0 Å². The van der Waals surface area contributed by atoms with Crippen LogP contribution in [-0.4, -0.2) is 53.1 Å². The molecule has 2 heterocycles. The van der Waals surface area contributed by atoms with Crippen LogP contribution in [0.3, 0.4) is 0 Å². The maximum atomic E-state index is 12.8. The number of benzene rings is 1. The summed E-state index contributed by atoms with van der Waals surface area (Å²) in [4.78, 5) is 15.1. The molecule has 1 N–H and O–H groups in total. The van der Waals surface area contributed by atoms with Crippen LogP contribution in [0.1, 0.15) is 49.0 Å². The lowest BCUT2D eigenvalue weighted by Gasteiger charge is -2.22. The Morgan fingerprint density at radius 1 is 1.20 bits per heavy atom. The van der Waals surface area contributed by atoms with E-state index in [0.717, 1.165) is 31.5 Å². The molecular weight excluding hydrogens is 400 g/mol. The van der Waals surface area contributed by atoms with Crippen molar-refractivity contribution in [2.24, 2.45) is 0 Å². The van der Waals surface area contributed by atoms with Crippen LogP contribution in [0, 0.1) is 6.92 Å². The highest BCUT2D eigenvalue weighted by Gasteiger charge is 2.33. The normalized spacial score (nSPS) is 20.6. The Morgan fingerprint density at radius 2 is 1.90 bits per heavy atom. The smallest absolute Gasteiger partial charge is 0.239 e. The lowest BCUT2D eigenvalue weighted by Crippen LogP contribution is -2.35. The van der Waals surface area contributed by atoms with Crippen LogP contribution in [0.15, 0.2) is 30.3 Å². The molecule has 1 atom stereocenters. The molecule has 1 aliphatic heterocycles. The van der Waals surface area contributed by atoms with Gasteiger partial charge in [0.15, 0.2) is 9.84 Å². The van der Waals surface area contributed by atoms with Gasteiger partial charge in [0.05, 0.1) is 29.8 Å². The quantitative estimate of drug-likeness (QED) is 0.696. The third-order valence-corrected chi connectivity index (χ3v) is 7.66. The number of nitrogens with one attached hydrogen (secondary N) is 1. The second-order valence-electron chi connectivity index (χ2n) is 8.53. The van der Waals surface area contributed by atoms with Crippen molar-refractivity contribution in [3.63, 3.8) is 0 Å². The molecule has 1 unspecified atom stereocenters. The SMILES string of the molecule is CCc1ccc(CN(CC(=O)Nc2cc(C)nn2C2CCS(=O)(=O)C2)C2CC2)cc1. The molecule has 2 aliphatic rings. The van der Waals surface area contributed by atoms with Gasteiger partial charge in [0.2, 0.25) is 5.91 Å². The fourth-order valence-corrected chi connectivity index (χ4v) is 5.78. The van der Waals surface area contributed by atoms with E-state index < -0.39 is 9.84 Å². The fraction of sp³-hybridized carbons (Fsp3) is 0.545. The van der Waals surface area contributed by atoms with Gasteiger partial charge in [-0.2, -0.15) is 5.10 Å². The van der Waals surface area contributed by atoms with Crippen LogP contribution in [-0.2, 0) is 27.6 Å². The van der Waals surface area contributed by atoms with Crippen molar-refractivity contribution >= 4 is 21.6 Å². The van der Waals surface area contributed by atoms with Crippen LogP contribution in [0.5, 0.6) is 0 Å². The summed E-state index contributed by atoms with van der Waals surface area (Å²) in [5, 5.41) is 7.42. The highest BCUT2D eigenvalue weighted by atomic mass is 32.2. The van der Waals surface area contributed by atoms with E-state index in [-0.39, 0.29) is 23.5 Å². The largest absolute Gasteiger partial charge is 0.310 e. The second-order valence-corrected chi connectivity index (χ2v) is 10.8. The molecule has 1 amide bonds. The zero-order chi connectivity index (χ0) is 21.3. The van der Waals surface area contributed by atoms with Crippen molar-refractivity contribution < 1.29 is 13.2 Å². The van der Waals surface area contributed by atoms with Gasteiger partial charge < -0.3 is 5.32 Å². The molecule has 1 aliphatic carbocycles. The van der Waals surface area contributed by atoms with Crippen LogP contribution >= 0.6 is 0 Å². The van der Waals surface area contributed by atoms with Crippen LogP contribution in [0.2, 0.25) is 0 Å². The number of hydrogen-bond donors (Lipinski definition) is 1. The Hall–Kier alpha value is -2.19. The summed E-state index contributed by atoms with van der Waals surface area (Å²) >= 11 is 0. The molecule has 30 heavy (non-hydrogen) atoms. The average Bonchev–Trinajstić information content (AvgIpc) is 3.40. The summed E-state index contributed by atoms with van der Waals surface area (Å²) in [6, 6.07) is 10.6. The Labute approximate surface area is 178 Å². The summed E-state index contributed by atoms with van der Waals surface area (Å²) < 4.78 is 25.4. The topological polar surface area (TPSA) is 84.3 Å². The number of anilines is 1.